The van der Waals surface area contributed by atoms with E-state index in [4.69, 9.17) is 0 Å². The third-order valence-corrected chi connectivity index (χ3v) is 5.90. The lowest BCUT2D eigenvalue weighted by Gasteiger charge is -2.26. The third-order valence-electron chi connectivity index (χ3n) is 5.90. The van der Waals surface area contributed by atoms with E-state index in [1.165, 1.54) is 0 Å². The molecular weight excluding hydrogens is 417 g/mol. The summed E-state index contributed by atoms with van der Waals surface area (Å²) in [5.74, 6) is -0.237. The minimum absolute atomic E-state index is 0.0697. The molecule has 0 spiro atoms. The topological polar surface area (TPSA) is 51.0 Å². The Morgan fingerprint density at radius 1 is 0.938 bits per heavy atom. The highest BCUT2D eigenvalue weighted by Crippen LogP contribution is 2.41. The Labute approximate surface area is 182 Å². The van der Waals surface area contributed by atoms with Crippen LogP contribution < -0.4 is 0 Å². The van der Waals surface area contributed by atoms with Crippen LogP contribution in [-0.2, 0) is 17.5 Å². The molecule has 1 amide bonds. The lowest BCUT2D eigenvalue weighted by atomic mass is 9.97. The van der Waals surface area contributed by atoms with Gasteiger partial charge in [-0.3, -0.25) is 4.79 Å². The van der Waals surface area contributed by atoms with Gasteiger partial charge in [0.2, 0.25) is 5.91 Å². The monoisotopic (exact) mass is 438 g/mol. The fourth-order valence-corrected chi connectivity index (χ4v) is 4.41. The van der Waals surface area contributed by atoms with Crippen molar-refractivity contribution in [1.82, 2.24) is 19.7 Å². The van der Waals surface area contributed by atoms with Crippen molar-refractivity contribution in [3.63, 3.8) is 0 Å². The first-order chi connectivity index (χ1) is 15.4. The van der Waals surface area contributed by atoms with Gasteiger partial charge in [-0.25, -0.2) is 9.67 Å². The zero-order valence-corrected chi connectivity index (χ0v) is 17.3. The number of benzene rings is 2. The molecule has 5 nitrogen and oxygen atoms in total. The number of hydrogen-bond donors (Lipinski definition) is 0. The van der Waals surface area contributed by atoms with Gasteiger partial charge in [0.25, 0.3) is 0 Å². The molecule has 0 bridgehead atoms. The van der Waals surface area contributed by atoms with Crippen molar-refractivity contribution >= 4 is 27.8 Å². The molecule has 3 heterocycles. The molecule has 32 heavy (non-hydrogen) atoms. The van der Waals surface area contributed by atoms with E-state index in [0.717, 1.165) is 23.9 Å². The lowest BCUT2D eigenvalue weighted by Crippen LogP contribution is -2.38. The molecule has 2 aromatic heterocycles. The van der Waals surface area contributed by atoms with E-state index in [0.29, 0.717) is 35.1 Å². The first-order valence-electron chi connectivity index (χ1n) is 10.6. The molecule has 5 rings (SSSR count). The van der Waals surface area contributed by atoms with Gasteiger partial charge in [0.1, 0.15) is 6.54 Å². The number of halogens is 3. The summed E-state index contributed by atoms with van der Waals surface area (Å²) in [6.45, 7) is 0.970. The molecule has 0 atom stereocenters. The fourth-order valence-electron chi connectivity index (χ4n) is 4.41. The van der Waals surface area contributed by atoms with Gasteiger partial charge in [-0.05, 0) is 30.9 Å². The highest BCUT2D eigenvalue weighted by molar-refractivity contribution is 6.10. The Balaban J connectivity index is 1.76. The Kier molecular flexibility index (Phi) is 5.07. The first kappa shape index (κ1) is 20.5. The molecule has 0 N–H and O–H groups in total. The number of alkyl halides is 3. The van der Waals surface area contributed by atoms with Crippen LogP contribution in [0, 0.1) is 0 Å². The van der Waals surface area contributed by atoms with Gasteiger partial charge in [0, 0.05) is 24.0 Å². The quantitative estimate of drug-likeness (QED) is 0.437. The van der Waals surface area contributed by atoms with Gasteiger partial charge in [-0.15, -0.1) is 0 Å². The van der Waals surface area contributed by atoms with E-state index in [2.05, 4.69) is 10.1 Å². The maximum atomic E-state index is 14.1. The number of carbonyl (C=O) groups excluding carboxylic acids is 1. The third kappa shape index (κ3) is 3.59. The van der Waals surface area contributed by atoms with Gasteiger partial charge < -0.3 is 4.90 Å². The first-order valence-corrected chi connectivity index (χ1v) is 10.6. The molecular formula is C24H21F3N4O. The van der Waals surface area contributed by atoms with Crippen LogP contribution in [0.2, 0.25) is 0 Å². The van der Waals surface area contributed by atoms with E-state index < -0.39 is 11.9 Å². The Hall–Kier alpha value is -3.42. The fraction of sp³-hybridized carbons (Fsp3) is 0.292. The normalized spacial score (nSPS) is 14.9. The number of rotatable bonds is 3. The van der Waals surface area contributed by atoms with Crippen LogP contribution in [0.15, 0.2) is 54.6 Å². The van der Waals surface area contributed by atoms with Crippen LogP contribution in [0.5, 0.6) is 0 Å². The molecule has 0 aliphatic carbocycles. The summed E-state index contributed by atoms with van der Waals surface area (Å²) in [6, 6.07) is 16.0. The number of nitrogens with zero attached hydrogens (tertiary/aromatic N) is 4. The van der Waals surface area contributed by atoms with Crippen molar-refractivity contribution in [1.29, 1.82) is 0 Å². The van der Waals surface area contributed by atoms with Crippen LogP contribution in [-0.4, -0.2) is 38.7 Å². The van der Waals surface area contributed by atoms with Crippen LogP contribution in [0.4, 0.5) is 13.2 Å². The highest BCUT2D eigenvalue weighted by atomic mass is 19.4. The number of hydrogen-bond acceptors (Lipinski definition) is 3. The van der Waals surface area contributed by atoms with E-state index in [1.54, 1.807) is 53.4 Å². The minimum Gasteiger partial charge on any atom is -0.341 e. The number of piperidine rings is 1. The average Bonchev–Trinajstić information content (AvgIpc) is 3.17. The molecule has 8 heteroatoms. The van der Waals surface area contributed by atoms with E-state index in [-0.39, 0.29) is 23.5 Å². The molecule has 0 radical (unpaired) electrons. The zero-order chi connectivity index (χ0) is 22.3. The molecule has 4 aromatic rings. The number of fused-ring (bicyclic) bond motifs is 2. The molecule has 2 aromatic carbocycles. The summed E-state index contributed by atoms with van der Waals surface area (Å²) in [4.78, 5) is 19.1. The van der Waals surface area contributed by atoms with E-state index in [9.17, 15) is 18.0 Å². The van der Waals surface area contributed by atoms with Crippen molar-refractivity contribution in [3.05, 3.63) is 60.3 Å². The summed E-state index contributed by atoms with van der Waals surface area (Å²) >= 11 is 0. The second-order valence-corrected chi connectivity index (χ2v) is 8.01. The molecule has 1 aliphatic rings. The van der Waals surface area contributed by atoms with Gasteiger partial charge >= 0.3 is 6.18 Å². The predicted molar refractivity (Wildman–Crippen MR) is 116 cm³/mol. The van der Waals surface area contributed by atoms with Crippen LogP contribution in [0.1, 0.15) is 25.0 Å². The van der Waals surface area contributed by atoms with Crippen LogP contribution in [0.25, 0.3) is 33.1 Å². The zero-order valence-electron chi connectivity index (χ0n) is 17.3. The van der Waals surface area contributed by atoms with Crippen LogP contribution in [0.3, 0.4) is 0 Å². The standard InChI is InChI=1S/C24H21F3N4O/c25-24(26,27)22-21-20(16-9-3-1-4-10-16)17-11-5-6-12-18(17)28-23(21)31(29-22)15-19(32)30-13-7-2-8-14-30/h1,3-6,9-12H,2,7-8,13-15H2. The molecule has 164 valence electrons. The molecule has 0 saturated carbocycles. The molecule has 1 saturated heterocycles. The summed E-state index contributed by atoms with van der Waals surface area (Å²) in [6.07, 6.45) is -1.83. The van der Waals surface area contributed by atoms with E-state index >= 15 is 0 Å². The molecule has 0 unspecified atom stereocenters. The second-order valence-electron chi connectivity index (χ2n) is 8.01. The number of para-hydroxylation sites is 1. The molecule has 1 aliphatic heterocycles. The predicted octanol–water partition coefficient (Wildman–Crippen LogP) is 5.28. The van der Waals surface area contributed by atoms with Crippen LogP contribution >= 0.6 is 0 Å². The van der Waals surface area contributed by atoms with Gasteiger partial charge in [-0.1, -0.05) is 48.5 Å². The maximum Gasteiger partial charge on any atom is 0.435 e. The Morgan fingerprint density at radius 3 is 2.34 bits per heavy atom. The van der Waals surface area contributed by atoms with Gasteiger partial charge in [0.15, 0.2) is 11.3 Å². The van der Waals surface area contributed by atoms with E-state index in [1.807, 2.05) is 6.07 Å². The van der Waals surface area contributed by atoms with Crippen molar-refractivity contribution in [2.24, 2.45) is 0 Å². The number of amides is 1. The number of likely N-dealkylation sites (tertiary alicyclic amines) is 1. The maximum absolute atomic E-state index is 14.1. The number of carbonyl (C=O) groups is 1. The van der Waals surface area contributed by atoms with Gasteiger partial charge in [-0.2, -0.15) is 18.3 Å². The second kappa shape index (κ2) is 7.93. The van der Waals surface area contributed by atoms with Crippen molar-refractivity contribution < 1.29 is 18.0 Å². The SMILES string of the molecule is O=C(Cn1nc(C(F)(F)F)c2c(-c3ccccc3)c3ccccc3nc21)N1CCCCC1. The number of aromatic nitrogens is 3. The summed E-state index contributed by atoms with van der Waals surface area (Å²) < 4.78 is 43.5. The Bertz CT molecular complexity index is 1290. The highest BCUT2D eigenvalue weighted by Gasteiger charge is 2.39. The molecule has 1 fully saturated rings. The smallest absolute Gasteiger partial charge is 0.341 e. The van der Waals surface area contributed by atoms with Crippen molar-refractivity contribution in [2.75, 3.05) is 13.1 Å². The average molecular weight is 438 g/mol. The summed E-state index contributed by atoms with van der Waals surface area (Å²) in [7, 11) is 0. The largest absolute Gasteiger partial charge is 0.435 e. The van der Waals surface area contributed by atoms with Crippen molar-refractivity contribution in [3.8, 4) is 11.1 Å². The Morgan fingerprint density at radius 2 is 1.62 bits per heavy atom. The summed E-state index contributed by atoms with van der Waals surface area (Å²) in [5, 5.41) is 4.42. The minimum atomic E-state index is -4.69. The summed E-state index contributed by atoms with van der Waals surface area (Å²) in [5.41, 5.74) is 0.675. The number of pyridine rings is 1. The van der Waals surface area contributed by atoms with Crippen molar-refractivity contribution in [2.45, 2.75) is 32.0 Å². The van der Waals surface area contributed by atoms with Gasteiger partial charge in [0.05, 0.1) is 10.9 Å². The lowest BCUT2D eigenvalue weighted by molar-refractivity contribution is -0.141.